The van der Waals surface area contributed by atoms with Gasteiger partial charge in [0.15, 0.2) is 0 Å². The molecule has 0 aromatic rings. The number of ether oxygens (including phenoxy) is 1. The third-order valence-corrected chi connectivity index (χ3v) is 5.53. The van der Waals surface area contributed by atoms with Gasteiger partial charge in [0.2, 0.25) is 0 Å². The first-order valence-corrected chi connectivity index (χ1v) is 9.52. The van der Waals surface area contributed by atoms with Crippen molar-refractivity contribution in [1.82, 2.24) is 15.3 Å². The molecule has 2 atom stereocenters. The molecule has 131 valence electrons. The fourth-order valence-electron chi connectivity index (χ4n) is 3.68. The fraction of sp³-hybridized carbons (Fsp3) is 0.882. The molecule has 0 aliphatic carbocycles. The van der Waals surface area contributed by atoms with Crippen molar-refractivity contribution in [3.63, 3.8) is 0 Å². The van der Waals surface area contributed by atoms with Crippen LogP contribution in [0.15, 0.2) is 12.7 Å². The Bertz CT molecular complexity index is 371. The zero-order valence-electron chi connectivity index (χ0n) is 14.0. The number of hydrogen-bond donors (Lipinski definition) is 1. The summed E-state index contributed by atoms with van der Waals surface area (Å²) in [5, 5.41) is 5.57. The Morgan fingerprint density at radius 2 is 1.78 bits per heavy atom. The van der Waals surface area contributed by atoms with Crippen LogP contribution in [-0.4, -0.2) is 72.9 Å². The predicted octanol–water partition coefficient (Wildman–Crippen LogP) is 1.93. The number of hydroxylamine groups is 2. The zero-order chi connectivity index (χ0) is 16.1. The third-order valence-electron chi connectivity index (χ3n) is 5.06. The molecule has 3 saturated heterocycles. The normalized spacial score (nSPS) is 32.4. The molecule has 2 unspecified atom stereocenters. The monoisotopic (exact) mass is 340 g/mol. The largest absolute Gasteiger partial charge is 0.356 e. The van der Waals surface area contributed by atoms with Gasteiger partial charge in [0.05, 0.1) is 17.5 Å². The van der Waals surface area contributed by atoms with Crippen LogP contribution in [0.3, 0.4) is 0 Å². The van der Waals surface area contributed by atoms with Gasteiger partial charge in [-0.1, -0.05) is 18.7 Å². The molecule has 0 amide bonds. The minimum atomic E-state index is -0.0423. The summed E-state index contributed by atoms with van der Waals surface area (Å²) in [6.07, 6.45) is 7.85. The van der Waals surface area contributed by atoms with Crippen LogP contribution in [0.4, 0.5) is 0 Å². The highest BCUT2D eigenvalue weighted by Gasteiger charge is 2.38. The van der Waals surface area contributed by atoms with Crippen LogP contribution < -0.4 is 5.32 Å². The SMILES string of the molecule is C=CCN1CCC(ON2CCC([S])C2OC2CCNCC2)CC1. The minimum Gasteiger partial charge on any atom is -0.356 e. The summed E-state index contributed by atoms with van der Waals surface area (Å²) in [5.74, 6) is 0. The van der Waals surface area contributed by atoms with E-state index in [1.54, 1.807) is 0 Å². The van der Waals surface area contributed by atoms with E-state index in [-0.39, 0.29) is 11.5 Å². The Hall–Kier alpha value is -0.110. The van der Waals surface area contributed by atoms with Gasteiger partial charge in [-0.25, -0.2) is 0 Å². The van der Waals surface area contributed by atoms with E-state index >= 15 is 0 Å². The molecule has 6 heteroatoms. The van der Waals surface area contributed by atoms with E-state index in [0.717, 1.165) is 71.4 Å². The van der Waals surface area contributed by atoms with Crippen molar-refractivity contribution in [1.29, 1.82) is 0 Å². The fourth-order valence-corrected chi connectivity index (χ4v) is 3.98. The minimum absolute atomic E-state index is 0.0423. The summed E-state index contributed by atoms with van der Waals surface area (Å²) in [4.78, 5) is 8.70. The molecule has 5 nitrogen and oxygen atoms in total. The second-order valence-electron chi connectivity index (χ2n) is 6.84. The lowest BCUT2D eigenvalue weighted by Gasteiger charge is -2.36. The summed E-state index contributed by atoms with van der Waals surface area (Å²) < 4.78 is 6.31. The van der Waals surface area contributed by atoms with E-state index in [4.69, 9.17) is 22.2 Å². The van der Waals surface area contributed by atoms with Crippen LogP contribution in [-0.2, 0) is 9.57 Å². The predicted molar refractivity (Wildman–Crippen MR) is 94.2 cm³/mol. The molecule has 3 aliphatic rings. The van der Waals surface area contributed by atoms with Crippen molar-refractivity contribution in [2.75, 3.05) is 39.3 Å². The van der Waals surface area contributed by atoms with E-state index in [9.17, 15) is 0 Å². The number of piperidine rings is 2. The first-order valence-electron chi connectivity index (χ1n) is 9.05. The smallest absolute Gasteiger partial charge is 0.146 e. The van der Waals surface area contributed by atoms with Crippen molar-refractivity contribution in [3.8, 4) is 0 Å². The topological polar surface area (TPSA) is 37.0 Å². The molecule has 1 radical (unpaired) electrons. The van der Waals surface area contributed by atoms with Crippen molar-refractivity contribution in [3.05, 3.63) is 12.7 Å². The van der Waals surface area contributed by atoms with Crippen LogP contribution in [0.1, 0.15) is 32.1 Å². The zero-order valence-corrected chi connectivity index (χ0v) is 14.8. The highest BCUT2D eigenvalue weighted by Crippen LogP contribution is 2.28. The molecule has 3 aliphatic heterocycles. The van der Waals surface area contributed by atoms with Crippen molar-refractivity contribution >= 4 is 12.6 Å². The molecule has 3 heterocycles. The number of hydrogen-bond acceptors (Lipinski definition) is 5. The summed E-state index contributed by atoms with van der Waals surface area (Å²) in [7, 11) is 0. The van der Waals surface area contributed by atoms with Gasteiger partial charge in [-0.2, -0.15) is 5.06 Å². The lowest BCUT2D eigenvalue weighted by molar-refractivity contribution is -0.273. The third kappa shape index (κ3) is 4.94. The lowest BCUT2D eigenvalue weighted by atomic mass is 10.1. The van der Waals surface area contributed by atoms with Gasteiger partial charge in [-0.15, -0.1) is 6.58 Å². The number of rotatable bonds is 6. The Kier molecular flexibility index (Phi) is 6.80. The molecule has 0 bridgehead atoms. The molecule has 3 rings (SSSR count). The van der Waals surface area contributed by atoms with Crippen LogP contribution in [0, 0.1) is 0 Å². The van der Waals surface area contributed by atoms with E-state index in [1.165, 1.54) is 0 Å². The van der Waals surface area contributed by atoms with Crippen LogP contribution in [0.25, 0.3) is 0 Å². The van der Waals surface area contributed by atoms with Gasteiger partial charge in [0.25, 0.3) is 0 Å². The molecule has 0 aromatic carbocycles. The van der Waals surface area contributed by atoms with E-state index in [2.05, 4.69) is 16.8 Å². The molecule has 0 saturated carbocycles. The van der Waals surface area contributed by atoms with Gasteiger partial charge >= 0.3 is 0 Å². The van der Waals surface area contributed by atoms with Crippen LogP contribution in [0.5, 0.6) is 0 Å². The van der Waals surface area contributed by atoms with Crippen LogP contribution >= 0.6 is 12.6 Å². The lowest BCUT2D eigenvalue weighted by Crippen LogP contribution is -2.45. The highest BCUT2D eigenvalue weighted by molar-refractivity contribution is 7.81. The molecular formula is C17H30N3O2S. The molecule has 0 aromatic heterocycles. The first kappa shape index (κ1) is 17.7. The maximum absolute atomic E-state index is 6.31. The van der Waals surface area contributed by atoms with Gasteiger partial charge in [-0.05, 0) is 45.2 Å². The number of likely N-dealkylation sites (tertiary alicyclic amines) is 1. The van der Waals surface area contributed by atoms with Gasteiger partial charge in [0.1, 0.15) is 6.23 Å². The maximum atomic E-state index is 6.31. The summed E-state index contributed by atoms with van der Waals surface area (Å²) in [5.41, 5.74) is 0. The Labute approximate surface area is 145 Å². The Balaban J connectivity index is 1.47. The average Bonchev–Trinajstić information content (AvgIpc) is 2.91. The van der Waals surface area contributed by atoms with Gasteiger partial charge < -0.3 is 10.1 Å². The molecule has 0 spiro atoms. The van der Waals surface area contributed by atoms with E-state index < -0.39 is 0 Å². The molecule has 23 heavy (non-hydrogen) atoms. The molecule has 3 fully saturated rings. The average molecular weight is 341 g/mol. The summed E-state index contributed by atoms with van der Waals surface area (Å²) >= 11 is 5.61. The van der Waals surface area contributed by atoms with Crippen molar-refractivity contribution < 1.29 is 9.57 Å². The second kappa shape index (κ2) is 8.83. The maximum Gasteiger partial charge on any atom is 0.146 e. The standard InChI is InChI=1S/C17H30N3O2S/c1-2-10-19-11-5-15(6-12-19)22-20-13-7-16(23)17(20)21-14-3-8-18-9-4-14/h2,14-18H,1,3-13H2. The number of nitrogens with one attached hydrogen (secondary N) is 1. The number of nitrogens with zero attached hydrogens (tertiary/aromatic N) is 2. The second-order valence-corrected chi connectivity index (χ2v) is 7.44. The quantitative estimate of drug-likeness (QED) is 0.748. The van der Waals surface area contributed by atoms with Crippen molar-refractivity contribution in [2.24, 2.45) is 0 Å². The Morgan fingerprint density at radius 3 is 2.48 bits per heavy atom. The molecular weight excluding hydrogens is 310 g/mol. The van der Waals surface area contributed by atoms with E-state index in [0.29, 0.717) is 12.2 Å². The first-order chi connectivity index (χ1) is 11.3. The summed E-state index contributed by atoms with van der Waals surface area (Å²) in [6, 6.07) is 0. The van der Waals surface area contributed by atoms with Crippen molar-refractivity contribution in [2.45, 2.75) is 55.8 Å². The van der Waals surface area contributed by atoms with Gasteiger partial charge in [-0.3, -0.25) is 9.74 Å². The van der Waals surface area contributed by atoms with E-state index in [1.807, 2.05) is 11.1 Å². The van der Waals surface area contributed by atoms with Gasteiger partial charge in [0, 0.05) is 26.2 Å². The van der Waals surface area contributed by atoms with Crippen LogP contribution in [0.2, 0.25) is 0 Å². The Morgan fingerprint density at radius 1 is 1.04 bits per heavy atom. The molecule has 1 N–H and O–H groups in total. The summed E-state index contributed by atoms with van der Waals surface area (Å²) in [6.45, 7) is 9.95. The highest BCUT2D eigenvalue weighted by atomic mass is 32.1.